The van der Waals surface area contributed by atoms with Gasteiger partial charge in [-0.25, -0.2) is 0 Å². The van der Waals surface area contributed by atoms with Crippen LogP contribution in [0.1, 0.15) is 33.4 Å². The van der Waals surface area contributed by atoms with E-state index < -0.39 is 40.8 Å². The summed E-state index contributed by atoms with van der Waals surface area (Å²) in [5.74, 6) is -3.08. The maximum absolute atomic E-state index is 14.5. The van der Waals surface area contributed by atoms with Gasteiger partial charge in [-0.2, -0.15) is 0 Å². The molecule has 0 saturated heterocycles. The lowest BCUT2D eigenvalue weighted by Crippen LogP contribution is -2.51. The molecular formula is C56H58N4O12. The van der Waals surface area contributed by atoms with E-state index in [-0.39, 0.29) is 97.5 Å². The van der Waals surface area contributed by atoms with E-state index >= 15 is 0 Å². The average molecular weight is 979 g/mol. The van der Waals surface area contributed by atoms with E-state index in [1.165, 1.54) is 12.1 Å². The number of non-ortho nitro benzene ring substituents is 1. The van der Waals surface area contributed by atoms with Crippen LogP contribution >= 0.6 is 0 Å². The molecule has 0 spiro atoms. The molecular weight excluding hydrogens is 921 g/mol. The van der Waals surface area contributed by atoms with Gasteiger partial charge >= 0.3 is 29.8 Å². The van der Waals surface area contributed by atoms with E-state index in [0.29, 0.717) is 5.56 Å². The second-order valence-electron chi connectivity index (χ2n) is 16.8. The molecule has 0 aliphatic heterocycles. The third-order valence-corrected chi connectivity index (χ3v) is 11.3. The Kier molecular flexibility index (Phi) is 21.6. The fourth-order valence-electron chi connectivity index (χ4n) is 7.42. The molecule has 0 unspecified atom stereocenters. The number of rotatable bonds is 29. The molecule has 0 N–H and O–H groups in total. The van der Waals surface area contributed by atoms with Crippen molar-refractivity contribution in [1.82, 2.24) is 14.7 Å². The van der Waals surface area contributed by atoms with Gasteiger partial charge in [0.05, 0.1) is 31.1 Å². The number of hydrogen-bond donors (Lipinski definition) is 0. The Hall–Kier alpha value is -8.05. The molecule has 0 aliphatic carbocycles. The summed E-state index contributed by atoms with van der Waals surface area (Å²) < 4.78 is 28.5. The van der Waals surface area contributed by atoms with Crippen LogP contribution in [-0.2, 0) is 87.1 Å². The Morgan fingerprint density at radius 3 is 0.972 bits per heavy atom. The van der Waals surface area contributed by atoms with Gasteiger partial charge in [-0.3, -0.25) is 48.8 Å². The molecule has 0 heterocycles. The number of benzene rings is 6. The topological polar surface area (TPSA) is 184 Å². The van der Waals surface area contributed by atoms with E-state index in [1.807, 2.05) is 152 Å². The molecule has 6 rings (SSSR count). The Bertz CT molecular complexity index is 2370. The number of carbonyl (C=O) groups excluding carboxylic acids is 5. The third-order valence-electron chi connectivity index (χ3n) is 11.3. The van der Waals surface area contributed by atoms with Gasteiger partial charge < -0.3 is 23.7 Å². The summed E-state index contributed by atoms with van der Waals surface area (Å²) in [6.07, 6.45) is 0.0160. The highest BCUT2D eigenvalue weighted by molar-refractivity contribution is 5.77. The first-order valence-corrected chi connectivity index (χ1v) is 23.5. The first-order valence-electron chi connectivity index (χ1n) is 23.5. The van der Waals surface area contributed by atoms with Crippen molar-refractivity contribution in [3.63, 3.8) is 0 Å². The molecule has 0 bridgehead atoms. The molecule has 0 saturated carbocycles. The number of hydrogen-bond acceptors (Lipinski definition) is 15. The van der Waals surface area contributed by atoms with Crippen LogP contribution in [-0.4, -0.2) is 108 Å². The van der Waals surface area contributed by atoms with Crippen molar-refractivity contribution in [1.29, 1.82) is 0 Å². The molecule has 6 aromatic rings. The number of nitro benzene ring substituents is 1. The molecule has 0 aromatic heterocycles. The minimum atomic E-state index is -1.07. The quantitative estimate of drug-likeness (QED) is 0.0200. The molecule has 0 aliphatic rings. The third kappa shape index (κ3) is 19.4. The fraction of sp³-hybridized carbons (Fsp3) is 0.268. The molecule has 72 heavy (non-hydrogen) atoms. The highest BCUT2D eigenvalue weighted by Gasteiger charge is 2.31. The Labute approximate surface area is 418 Å². The lowest BCUT2D eigenvalue weighted by molar-refractivity contribution is -0.384. The van der Waals surface area contributed by atoms with Crippen LogP contribution in [0.15, 0.2) is 176 Å². The second-order valence-corrected chi connectivity index (χ2v) is 16.8. The van der Waals surface area contributed by atoms with Gasteiger partial charge in [0.1, 0.15) is 39.1 Å². The first-order chi connectivity index (χ1) is 35.1. The van der Waals surface area contributed by atoms with Gasteiger partial charge in [0.15, 0.2) is 0 Å². The Morgan fingerprint density at radius 2 is 0.681 bits per heavy atom. The van der Waals surface area contributed by atoms with E-state index in [2.05, 4.69) is 0 Å². The van der Waals surface area contributed by atoms with E-state index in [9.17, 15) is 34.1 Å². The van der Waals surface area contributed by atoms with Gasteiger partial charge in [0.25, 0.3) is 5.69 Å². The van der Waals surface area contributed by atoms with E-state index in [1.54, 1.807) is 26.8 Å². The van der Waals surface area contributed by atoms with Crippen molar-refractivity contribution >= 4 is 35.5 Å². The molecule has 16 heteroatoms. The van der Waals surface area contributed by atoms with Gasteiger partial charge in [0.2, 0.25) is 0 Å². The summed E-state index contributed by atoms with van der Waals surface area (Å²) in [6, 6.07) is 50.4. The van der Waals surface area contributed by atoms with Crippen molar-refractivity contribution in [2.45, 2.75) is 45.5 Å². The SMILES string of the molecule is O=C(CN(CCN(CCN(CC(=O)OCc1ccccc1)CC(=O)OCc1ccccc1)[C@@H](Cc1ccc([N+](=O)[O-])cc1)C(=O)OCc1ccccc1)CC(=O)OCc1ccccc1)OCc1ccccc1. The molecule has 0 amide bonds. The summed E-state index contributed by atoms with van der Waals surface area (Å²) in [5.41, 5.74) is 4.25. The lowest BCUT2D eigenvalue weighted by atomic mass is 10.0. The van der Waals surface area contributed by atoms with Crippen LogP contribution < -0.4 is 0 Å². The van der Waals surface area contributed by atoms with Crippen LogP contribution in [0.4, 0.5) is 5.69 Å². The molecule has 6 aromatic carbocycles. The summed E-state index contributed by atoms with van der Waals surface area (Å²) in [4.78, 5) is 84.4. The Balaban J connectivity index is 1.28. The summed E-state index contributed by atoms with van der Waals surface area (Å²) in [7, 11) is 0. The normalized spacial score (nSPS) is 11.4. The van der Waals surface area contributed by atoms with Crippen LogP contribution in [0.25, 0.3) is 0 Å². The lowest BCUT2D eigenvalue weighted by Gasteiger charge is -2.34. The molecule has 0 fully saturated rings. The van der Waals surface area contributed by atoms with Crippen LogP contribution in [0.2, 0.25) is 0 Å². The predicted octanol–water partition coefficient (Wildman–Crippen LogP) is 7.13. The summed E-state index contributed by atoms with van der Waals surface area (Å²) >= 11 is 0. The van der Waals surface area contributed by atoms with Gasteiger partial charge in [-0.15, -0.1) is 0 Å². The maximum Gasteiger partial charge on any atom is 0.324 e. The first kappa shape index (κ1) is 53.3. The average Bonchev–Trinajstić information content (AvgIpc) is 3.41. The fourth-order valence-corrected chi connectivity index (χ4v) is 7.42. The van der Waals surface area contributed by atoms with E-state index in [4.69, 9.17) is 23.7 Å². The molecule has 374 valence electrons. The largest absolute Gasteiger partial charge is 0.460 e. The summed E-state index contributed by atoms with van der Waals surface area (Å²) in [5, 5.41) is 11.6. The number of nitro groups is 1. The van der Waals surface area contributed by atoms with Crippen LogP contribution in [0.3, 0.4) is 0 Å². The van der Waals surface area contributed by atoms with Crippen molar-refractivity contribution in [2.75, 3.05) is 52.4 Å². The summed E-state index contributed by atoms with van der Waals surface area (Å²) in [6.45, 7) is -1.26. The monoisotopic (exact) mass is 978 g/mol. The van der Waals surface area contributed by atoms with Crippen LogP contribution in [0.5, 0.6) is 0 Å². The minimum Gasteiger partial charge on any atom is -0.460 e. The van der Waals surface area contributed by atoms with Gasteiger partial charge in [-0.1, -0.05) is 164 Å². The number of carbonyl (C=O) groups is 5. The van der Waals surface area contributed by atoms with E-state index in [0.717, 1.165) is 27.8 Å². The number of esters is 5. The molecule has 1 atom stereocenters. The van der Waals surface area contributed by atoms with Crippen molar-refractivity contribution in [3.05, 3.63) is 219 Å². The zero-order chi connectivity index (χ0) is 50.8. The highest BCUT2D eigenvalue weighted by atomic mass is 16.6. The van der Waals surface area contributed by atoms with Gasteiger partial charge in [-0.05, 0) is 39.8 Å². The second kappa shape index (κ2) is 29.2. The molecule has 16 nitrogen and oxygen atoms in total. The smallest absolute Gasteiger partial charge is 0.324 e. The van der Waals surface area contributed by atoms with Crippen molar-refractivity contribution < 1.29 is 52.6 Å². The Morgan fingerprint density at radius 1 is 0.389 bits per heavy atom. The number of ether oxygens (including phenoxy) is 5. The maximum atomic E-state index is 14.5. The highest BCUT2D eigenvalue weighted by Crippen LogP contribution is 2.18. The van der Waals surface area contributed by atoms with Crippen molar-refractivity contribution in [3.8, 4) is 0 Å². The van der Waals surface area contributed by atoms with Crippen LogP contribution in [0, 0.1) is 10.1 Å². The molecule has 0 radical (unpaired) electrons. The predicted molar refractivity (Wildman–Crippen MR) is 266 cm³/mol. The van der Waals surface area contributed by atoms with Gasteiger partial charge in [0, 0.05) is 38.3 Å². The zero-order valence-corrected chi connectivity index (χ0v) is 39.9. The number of nitrogens with zero attached hydrogens (tertiary/aromatic N) is 4. The minimum absolute atomic E-state index is 0.0000589. The zero-order valence-electron chi connectivity index (χ0n) is 39.9. The standard InChI is InChI=1S/C56H58N4O12/c61-52(68-39-45-16-6-1-7-17-45)35-57(36-53(62)69-40-46-18-8-2-9-19-46)30-32-59(51(34-44-26-28-50(29-27-44)60(66)67)56(65)72-43-49-24-14-5-15-25-49)33-31-58(37-54(63)70-41-47-20-10-3-11-21-47)38-55(64)71-42-48-22-12-4-13-23-48/h1-29,51H,30-43H2/t51-/m0/s1. The van der Waals surface area contributed by atoms with Crippen molar-refractivity contribution in [2.24, 2.45) is 0 Å².